The topological polar surface area (TPSA) is 65.2 Å². The summed E-state index contributed by atoms with van der Waals surface area (Å²) in [5.74, 6) is -0.0856. The molecule has 2 heterocycles. The van der Waals surface area contributed by atoms with Crippen LogP contribution >= 0.6 is 15.9 Å². The van der Waals surface area contributed by atoms with Crippen LogP contribution < -0.4 is 10.9 Å². The Balaban J connectivity index is 2.08. The van der Waals surface area contributed by atoms with Crippen molar-refractivity contribution in [3.8, 4) is 0 Å². The second-order valence-corrected chi connectivity index (χ2v) is 6.26. The Hall–Kier alpha value is -1.66. The second kappa shape index (κ2) is 5.61. The number of hydrogen-bond donors (Lipinski definition) is 2. The van der Waals surface area contributed by atoms with E-state index in [-0.39, 0.29) is 17.5 Å². The zero-order chi connectivity index (χ0) is 15.0. The lowest BCUT2D eigenvalue weighted by atomic mass is 10.1. The van der Waals surface area contributed by atoms with E-state index in [9.17, 15) is 9.59 Å². The first-order valence-corrected chi connectivity index (χ1v) is 7.69. The lowest BCUT2D eigenvalue weighted by Gasteiger charge is -2.32. The zero-order valence-electron chi connectivity index (χ0n) is 11.6. The lowest BCUT2D eigenvalue weighted by Crippen LogP contribution is -2.51. The fraction of sp³-hybridized carbons (Fsp3) is 0.333. The number of nitrogens with one attached hydrogen (secondary N) is 2. The Kier molecular flexibility index (Phi) is 3.82. The number of carbonyl (C=O) groups excluding carboxylic acids is 1. The van der Waals surface area contributed by atoms with E-state index in [0.717, 1.165) is 16.4 Å². The van der Waals surface area contributed by atoms with Crippen LogP contribution in [-0.2, 0) is 0 Å². The van der Waals surface area contributed by atoms with E-state index in [1.165, 1.54) is 6.07 Å². The summed E-state index contributed by atoms with van der Waals surface area (Å²) in [5.41, 5.74) is 0.887. The Morgan fingerprint density at radius 1 is 1.38 bits per heavy atom. The predicted octanol–water partition coefficient (Wildman–Crippen LogP) is 1.72. The van der Waals surface area contributed by atoms with Crippen molar-refractivity contribution >= 4 is 32.7 Å². The number of rotatable bonds is 1. The molecule has 0 aliphatic carbocycles. The van der Waals surface area contributed by atoms with E-state index in [4.69, 9.17) is 0 Å². The highest BCUT2D eigenvalue weighted by atomic mass is 79.9. The summed E-state index contributed by atoms with van der Waals surface area (Å²) >= 11 is 3.41. The van der Waals surface area contributed by atoms with Crippen molar-refractivity contribution < 1.29 is 4.79 Å². The van der Waals surface area contributed by atoms with Gasteiger partial charge >= 0.3 is 0 Å². The highest BCUT2D eigenvalue weighted by Crippen LogP contribution is 2.22. The van der Waals surface area contributed by atoms with Gasteiger partial charge in [-0.3, -0.25) is 9.59 Å². The van der Waals surface area contributed by atoms with Gasteiger partial charge in [0, 0.05) is 47.1 Å². The number of benzene rings is 1. The summed E-state index contributed by atoms with van der Waals surface area (Å²) in [6, 6.07) is 7.17. The molecule has 2 aromatic rings. The molecule has 6 heteroatoms. The van der Waals surface area contributed by atoms with Crippen molar-refractivity contribution in [2.45, 2.75) is 13.0 Å². The van der Waals surface area contributed by atoms with Crippen LogP contribution in [0.1, 0.15) is 17.3 Å². The van der Waals surface area contributed by atoms with Crippen LogP contribution in [0.5, 0.6) is 0 Å². The molecule has 5 nitrogen and oxygen atoms in total. The van der Waals surface area contributed by atoms with Crippen LogP contribution in [0.4, 0.5) is 0 Å². The van der Waals surface area contributed by atoms with E-state index >= 15 is 0 Å². The van der Waals surface area contributed by atoms with E-state index in [1.807, 2.05) is 19.1 Å². The smallest absolute Gasteiger partial charge is 0.254 e. The summed E-state index contributed by atoms with van der Waals surface area (Å²) in [6.45, 7) is 4.14. The first kappa shape index (κ1) is 14.3. The molecular weight excluding hydrogens is 334 g/mol. The molecule has 1 saturated heterocycles. The molecule has 3 rings (SSSR count). The summed E-state index contributed by atoms with van der Waals surface area (Å²) < 4.78 is 0.879. The standard InChI is InChI=1S/C15H16BrN3O2/c1-9-8-19(5-4-17-9)15(21)12-7-14(20)18-13-3-2-10(16)6-11(12)13/h2-3,6-7,9,17H,4-5,8H2,1H3,(H,18,20)/t9-/m1/s1. The molecule has 0 saturated carbocycles. The number of nitrogens with zero attached hydrogens (tertiary/aromatic N) is 1. The predicted molar refractivity (Wildman–Crippen MR) is 85.6 cm³/mol. The second-order valence-electron chi connectivity index (χ2n) is 5.34. The average Bonchev–Trinajstić information content (AvgIpc) is 2.46. The van der Waals surface area contributed by atoms with Crippen LogP contribution in [0.15, 0.2) is 33.5 Å². The number of amides is 1. The summed E-state index contributed by atoms with van der Waals surface area (Å²) in [5, 5.41) is 4.07. The van der Waals surface area contributed by atoms with Gasteiger partial charge in [-0.15, -0.1) is 0 Å². The fourth-order valence-electron chi connectivity index (χ4n) is 2.69. The molecule has 21 heavy (non-hydrogen) atoms. The van der Waals surface area contributed by atoms with E-state index in [0.29, 0.717) is 24.2 Å². The number of piperazine rings is 1. The van der Waals surface area contributed by atoms with E-state index in [1.54, 1.807) is 11.0 Å². The summed E-state index contributed by atoms with van der Waals surface area (Å²) in [6.07, 6.45) is 0. The van der Waals surface area contributed by atoms with Gasteiger partial charge < -0.3 is 15.2 Å². The van der Waals surface area contributed by atoms with Gasteiger partial charge in [0.15, 0.2) is 0 Å². The number of H-pyrrole nitrogens is 1. The third-order valence-corrected chi connectivity index (χ3v) is 4.18. The first-order chi connectivity index (χ1) is 10.0. The molecule has 0 unspecified atom stereocenters. The highest BCUT2D eigenvalue weighted by molar-refractivity contribution is 9.10. The molecule has 1 aliphatic rings. The molecule has 1 aliphatic heterocycles. The van der Waals surface area contributed by atoms with Crippen LogP contribution in [0, 0.1) is 0 Å². The zero-order valence-corrected chi connectivity index (χ0v) is 13.2. The van der Waals surface area contributed by atoms with Gasteiger partial charge in [0.2, 0.25) is 5.56 Å². The number of carbonyl (C=O) groups is 1. The first-order valence-electron chi connectivity index (χ1n) is 6.90. The third-order valence-electron chi connectivity index (χ3n) is 3.69. The Morgan fingerprint density at radius 2 is 2.19 bits per heavy atom. The number of aromatic amines is 1. The number of fused-ring (bicyclic) bond motifs is 1. The van der Waals surface area contributed by atoms with Crippen molar-refractivity contribution in [3.05, 3.63) is 44.7 Å². The average molecular weight is 350 g/mol. The maximum atomic E-state index is 12.8. The van der Waals surface area contributed by atoms with Crippen LogP contribution in [-0.4, -0.2) is 41.5 Å². The Labute approximate surface area is 130 Å². The largest absolute Gasteiger partial charge is 0.336 e. The van der Waals surface area contributed by atoms with Crippen LogP contribution in [0.3, 0.4) is 0 Å². The Morgan fingerprint density at radius 3 is 2.95 bits per heavy atom. The minimum absolute atomic E-state index is 0.0856. The minimum atomic E-state index is -0.253. The van der Waals surface area contributed by atoms with Gasteiger partial charge in [0.25, 0.3) is 5.91 Å². The molecule has 2 N–H and O–H groups in total. The van der Waals surface area contributed by atoms with Gasteiger partial charge in [0.1, 0.15) is 0 Å². The van der Waals surface area contributed by atoms with Crippen LogP contribution in [0.2, 0.25) is 0 Å². The fourth-order valence-corrected chi connectivity index (χ4v) is 3.05. The van der Waals surface area contributed by atoms with Gasteiger partial charge in [-0.1, -0.05) is 15.9 Å². The molecule has 0 radical (unpaired) electrons. The molecule has 110 valence electrons. The number of halogens is 1. The maximum absolute atomic E-state index is 12.8. The highest BCUT2D eigenvalue weighted by Gasteiger charge is 2.23. The van der Waals surface area contributed by atoms with Crippen LogP contribution in [0.25, 0.3) is 10.9 Å². The van der Waals surface area contributed by atoms with Gasteiger partial charge in [-0.05, 0) is 25.1 Å². The van der Waals surface area contributed by atoms with Crippen molar-refractivity contribution in [1.82, 2.24) is 15.2 Å². The quantitative estimate of drug-likeness (QED) is 0.823. The van der Waals surface area contributed by atoms with Gasteiger partial charge in [0.05, 0.1) is 5.56 Å². The minimum Gasteiger partial charge on any atom is -0.336 e. The molecule has 1 aromatic carbocycles. The molecule has 1 fully saturated rings. The van der Waals surface area contributed by atoms with Crippen molar-refractivity contribution in [3.63, 3.8) is 0 Å². The third kappa shape index (κ3) is 2.87. The molecule has 1 amide bonds. The summed E-state index contributed by atoms with van der Waals surface area (Å²) in [7, 11) is 0. The monoisotopic (exact) mass is 349 g/mol. The van der Waals surface area contributed by atoms with E-state index in [2.05, 4.69) is 26.2 Å². The molecular formula is C15H16BrN3O2. The van der Waals surface area contributed by atoms with Crippen molar-refractivity contribution in [2.24, 2.45) is 0 Å². The normalized spacial score (nSPS) is 19.0. The number of hydrogen-bond acceptors (Lipinski definition) is 3. The number of aromatic nitrogens is 1. The molecule has 0 bridgehead atoms. The molecule has 1 atom stereocenters. The van der Waals surface area contributed by atoms with E-state index < -0.39 is 0 Å². The van der Waals surface area contributed by atoms with Crippen molar-refractivity contribution in [1.29, 1.82) is 0 Å². The molecule has 1 aromatic heterocycles. The summed E-state index contributed by atoms with van der Waals surface area (Å²) in [4.78, 5) is 29.1. The number of pyridine rings is 1. The SMILES string of the molecule is C[C@@H]1CN(C(=O)c2cc(=O)[nH]c3ccc(Br)cc23)CCN1. The maximum Gasteiger partial charge on any atom is 0.254 e. The van der Waals surface area contributed by atoms with Gasteiger partial charge in [-0.25, -0.2) is 0 Å². The lowest BCUT2D eigenvalue weighted by molar-refractivity contribution is 0.0711. The molecule has 0 spiro atoms. The van der Waals surface area contributed by atoms with Gasteiger partial charge in [-0.2, -0.15) is 0 Å². The van der Waals surface area contributed by atoms with Crippen molar-refractivity contribution in [2.75, 3.05) is 19.6 Å². The Bertz CT molecular complexity index is 756.